The molecular formula is C13H24N4O. The highest BCUT2D eigenvalue weighted by Crippen LogP contribution is 2.15. The minimum absolute atomic E-state index is 0.328. The van der Waals surface area contributed by atoms with Gasteiger partial charge in [-0.2, -0.15) is 4.98 Å². The lowest BCUT2D eigenvalue weighted by molar-refractivity contribution is 0.147. The Labute approximate surface area is 109 Å². The van der Waals surface area contributed by atoms with E-state index in [0.29, 0.717) is 12.0 Å². The Morgan fingerprint density at radius 2 is 2.33 bits per heavy atom. The first-order valence-electron chi connectivity index (χ1n) is 6.98. The van der Waals surface area contributed by atoms with Crippen LogP contribution in [0.5, 0.6) is 0 Å². The van der Waals surface area contributed by atoms with E-state index in [1.165, 1.54) is 12.8 Å². The molecule has 0 spiro atoms. The molecule has 0 radical (unpaired) electrons. The van der Waals surface area contributed by atoms with Crippen molar-refractivity contribution in [3.05, 3.63) is 11.7 Å². The van der Waals surface area contributed by atoms with Crippen molar-refractivity contribution in [1.82, 2.24) is 20.4 Å². The van der Waals surface area contributed by atoms with E-state index in [2.05, 4.69) is 41.1 Å². The number of nitrogens with one attached hydrogen (secondary N) is 1. The fraction of sp³-hybridized carbons (Fsp3) is 0.846. The van der Waals surface area contributed by atoms with Crippen LogP contribution in [0, 0.1) is 0 Å². The Bertz CT molecular complexity index is 358. The number of hydrogen-bond donors (Lipinski definition) is 1. The summed E-state index contributed by atoms with van der Waals surface area (Å²) in [5.74, 6) is 1.88. The topological polar surface area (TPSA) is 54.2 Å². The lowest BCUT2D eigenvalue weighted by Gasteiger charge is -2.32. The van der Waals surface area contributed by atoms with Crippen molar-refractivity contribution in [3.8, 4) is 0 Å². The molecule has 0 aromatic carbocycles. The number of hydrogen-bond acceptors (Lipinski definition) is 5. The van der Waals surface area contributed by atoms with E-state index < -0.39 is 0 Å². The van der Waals surface area contributed by atoms with Crippen LogP contribution in [0.15, 0.2) is 4.52 Å². The first kappa shape index (κ1) is 13.5. The third-order valence-corrected chi connectivity index (χ3v) is 3.53. The number of nitrogens with zero attached hydrogens (tertiary/aromatic N) is 3. The van der Waals surface area contributed by atoms with Crippen LogP contribution in [0.1, 0.15) is 51.2 Å². The van der Waals surface area contributed by atoms with Crippen molar-refractivity contribution >= 4 is 0 Å². The van der Waals surface area contributed by atoms with E-state index >= 15 is 0 Å². The van der Waals surface area contributed by atoms with Crippen LogP contribution in [-0.4, -0.2) is 40.7 Å². The lowest BCUT2D eigenvalue weighted by Crippen LogP contribution is -2.45. The van der Waals surface area contributed by atoms with Gasteiger partial charge in [0, 0.05) is 18.5 Å². The van der Waals surface area contributed by atoms with Gasteiger partial charge in [0.25, 0.3) is 0 Å². The average molecular weight is 252 g/mol. The van der Waals surface area contributed by atoms with Crippen LogP contribution in [0.2, 0.25) is 0 Å². The van der Waals surface area contributed by atoms with Gasteiger partial charge in [0.2, 0.25) is 5.89 Å². The van der Waals surface area contributed by atoms with E-state index in [9.17, 15) is 0 Å². The number of likely N-dealkylation sites (N-methyl/N-ethyl adjacent to an activating group) is 1. The van der Waals surface area contributed by atoms with E-state index in [0.717, 1.165) is 37.9 Å². The maximum Gasteiger partial charge on any atom is 0.240 e. The summed E-state index contributed by atoms with van der Waals surface area (Å²) in [6.45, 7) is 10.3. The van der Waals surface area contributed by atoms with Crippen molar-refractivity contribution in [2.75, 3.05) is 19.6 Å². The molecule has 0 amide bonds. The fourth-order valence-corrected chi connectivity index (χ4v) is 2.38. The number of rotatable bonds is 5. The van der Waals surface area contributed by atoms with Crippen molar-refractivity contribution < 1.29 is 4.52 Å². The summed E-state index contributed by atoms with van der Waals surface area (Å²) in [4.78, 5) is 6.87. The van der Waals surface area contributed by atoms with Gasteiger partial charge < -0.3 is 9.84 Å². The smallest absolute Gasteiger partial charge is 0.240 e. The minimum atomic E-state index is 0.328. The molecule has 0 saturated carbocycles. The summed E-state index contributed by atoms with van der Waals surface area (Å²) in [7, 11) is 0. The number of aromatic nitrogens is 2. The van der Waals surface area contributed by atoms with Gasteiger partial charge in [-0.15, -0.1) is 0 Å². The second-order valence-electron chi connectivity index (χ2n) is 5.26. The zero-order valence-electron chi connectivity index (χ0n) is 11.6. The van der Waals surface area contributed by atoms with Crippen molar-refractivity contribution in [2.45, 2.75) is 52.1 Å². The van der Waals surface area contributed by atoms with E-state index in [4.69, 9.17) is 4.52 Å². The van der Waals surface area contributed by atoms with Gasteiger partial charge in [0.05, 0.1) is 6.54 Å². The number of piperidine rings is 1. The molecule has 102 valence electrons. The standard InChI is InChI=1S/C13H24N4O/c1-4-17(11-6-5-7-14-8-11)9-12-15-13(10(2)3)16-18-12/h10-11,14H,4-9H2,1-3H3. The van der Waals surface area contributed by atoms with Crippen LogP contribution < -0.4 is 5.32 Å². The van der Waals surface area contributed by atoms with Gasteiger partial charge in [0.15, 0.2) is 5.82 Å². The van der Waals surface area contributed by atoms with Crippen LogP contribution >= 0.6 is 0 Å². The zero-order chi connectivity index (χ0) is 13.0. The second-order valence-corrected chi connectivity index (χ2v) is 5.26. The Kier molecular flexibility index (Phi) is 4.72. The maximum absolute atomic E-state index is 5.33. The lowest BCUT2D eigenvalue weighted by atomic mass is 10.1. The predicted molar refractivity (Wildman–Crippen MR) is 70.4 cm³/mol. The summed E-state index contributed by atoms with van der Waals surface area (Å²) < 4.78 is 5.33. The summed E-state index contributed by atoms with van der Waals surface area (Å²) in [6, 6.07) is 0.596. The molecule has 1 aliphatic rings. The van der Waals surface area contributed by atoms with Gasteiger partial charge >= 0.3 is 0 Å². The van der Waals surface area contributed by atoms with Gasteiger partial charge in [-0.05, 0) is 25.9 Å². The van der Waals surface area contributed by atoms with Gasteiger partial charge in [-0.25, -0.2) is 0 Å². The molecule has 2 heterocycles. The molecule has 18 heavy (non-hydrogen) atoms. The molecule has 1 atom stereocenters. The molecule has 1 saturated heterocycles. The largest absolute Gasteiger partial charge is 0.338 e. The highest BCUT2D eigenvalue weighted by atomic mass is 16.5. The molecular weight excluding hydrogens is 228 g/mol. The zero-order valence-corrected chi connectivity index (χ0v) is 11.6. The summed E-state index contributed by atoms with van der Waals surface area (Å²) in [5.41, 5.74) is 0. The van der Waals surface area contributed by atoms with E-state index in [1.807, 2.05) is 0 Å². The van der Waals surface area contributed by atoms with Crippen molar-refractivity contribution in [3.63, 3.8) is 0 Å². The van der Waals surface area contributed by atoms with E-state index in [-0.39, 0.29) is 0 Å². The monoisotopic (exact) mass is 252 g/mol. The molecule has 1 unspecified atom stereocenters. The average Bonchev–Trinajstić information content (AvgIpc) is 2.86. The Hall–Kier alpha value is -0.940. The highest BCUT2D eigenvalue weighted by molar-refractivity contribution is 4.92. The normalized spacial score (nSPS) is 20.8. The van der Waals surface area contributed by atoms with Crippen LogP contribution in [0.4, 0.5) is 0 Å². The molecule has 0 aliphatic carbocycles. The minimum Gasteiger partial charge on any atom is -0.338 e. The summed E-state index contributed by atoms with van der Waals surface area (Å²) in [6.07, 6.45) is 2.51. The Morgan fingerprint density at radius 3 is 2.89 bits per heavy atom. The quantitative estimate of drug-likeness (QED) is 0.865. The van der Waals surface area contributed by atoms with Crippen LogP contribution in [0.25, 0.3) is 0 Å². The van der Waals surface area contributed by atoms with Crippen molar-refractivity contribution in [2.24, 2.45) is 0 Å². The molecule has 5 nitrogen and oxygen atoms in total. The SMILES string of the molecule is CCN(Cc1nc(C(C)C)no1)C1CCCNC1. The van der Waals surface area contributed by atoms with Gasteiger partial charge in [-0.1, -0.05) is 25.9 Å². The predicted octanol–water partition coefficient (Wildman–Crippen LogP) is 1.77. The molecule has 1 aliphatic heterocycles. The summed E-state index contributed by atoms with van der Waals surface area (Å²) in [5, 5.41) is 7.47. The molecule has 2 rings (SSSR count). The third-order valence-electron chi connectivity index (χ3n) is 3.53. The fourth-order valence-electron chi connectivity index (χ4n) is 2.38. The summed E-state index contributed by atoms with van der Waals surface area (Å²) >= 11 is 0. The molecule has 5 heteroatoms. The highest BCUT2D eigenvalue weighted by Gasteiger charge is 2.22. The molecule has 0 bridgehead atoms. The van der Waals surface area contributed by atoms with Crippen LogP contribution in [-0.2, 0) is 6.54 Å². The molecule has 1 fully saturated rings. The maximum atomic E-state index is 5.33. The van der Waals surface area contributed by atoms with Gasteiger partial charge in [-0.3, -0.25) is 4.90 Å². The second kappa shape index (κ2) is 6.29. The Morgan fingerprint density at radius 1 is 1.50 bits per heavy atom. The van der Waals surface area contributed by atoms with Crippen LogP contribution in [0.3, 0.4) is 0 Å². The molecule has 1 aromatic rings. The first-order valence-corrected chi connectivity index (χ1v) is 6.98. The van der Waals surface area contributed by atoms with Crippen molar-refractivity contribution in [1.29, 1.82) is 0 Å². The van der Waals surface area contributed by atoms with E-state index in [1.54, 1.807) is 0 Å². The third kappa shape index (κ3) is 3.29. The Balaban J connectivity index is 1.95. The first-order chi connectivity index (χ1) is 8.70. The van der Waals surface area contributed by atoms with Gasteiger partial charge in [0.1, 0.15) is 0 Å². The molecule has 1 N–H and O–H groups in total. The molecule has 1 aromatic heterocycles.